The van der Waals surface area contributed by atoms with Crippen LogP contribution in [0.1, 0.15) is 18.1 Å². The Bertz CT molecular complexity index is 1070. The lowest BCUT2D eigenvalue weighted by Crippen LogP contribution is -2.27. The van der Waals surface area contributed by atoms with Gasteiger partial charge in [-0.05, 0) is 32.1 Å². The van der Waals surface area contributed by atoms with Crippen molar-refractivity contribution < 1.29 is 4.79 Å². The van der Waals surface area contributed by atoms with Crippen molar-refractivity contribution in [2.24, 2.45) is 0 Å². The minimum absolute atomic E-state index is 0.0418. The highest BCUT2D eigenvalue weighted by atomic mass is 32.2. The van der Waals surface area contributed by atoms with Gasteiger partial charge < -0.3 is 0 Å². The summed E-state index contributed by atoms with van der Waals surface area (Å²) in [7, 11) is 0. The van der Waals surface area contributed by atoms with E-state index < -0.39 is 0 Å². The van der Waals surface area contributed by atoms with E-state index in [0.717, 1.165) is 22.5 Å². The topological polar surface area (TPSA) is 38.1 Å². The zero-order valence-electron chi connectivity index (χ0n) is 15.6. The van der Waals surface area contributed by atoms with Gasteiger partial charge in [0.15, 0.2) is 0 Å². The highest BCUT2D eigenvalue weighted by Gasteiger charge is 2.31. The maximum absolute atomic E-state index is 12.6. The number of likely N-dealkylation sites (N-methyl/N-ethyl adjacent to an activating group) is 1. The van der Waals surface area contributed by atoms with E-state index in [-0.39, 0.29) is 5.91 Å². The number of hydrogen-bond donors (Lipinski definition) is 0. The third kappa shape index (κ3) is 3.53. The number of para-hydroxylation sites is 1. The maximum Gasteiger partial charge on any atom is 0.266 e. The van der Waals surface area contributed by atoms with E-state index in [1.807, 2.05) is 54.2 Å². The molecule has 0 aliphatic carbocycles. The van der Waals surface area contributed by atoms with Crippen LogP contribution in [0.3, 0.4) is 0 Å². The van der Waals surface area contributed by atoms with Gasteiger partial charge in [-0.15, -0.1) is 0 Å². The molecule has 1 amide bonds. The van der Waals surface area contributed by atoms with Gasteiger partial charge in [0.05, 0.1) is 16.3 Å². The van der Waals surface area contributed by atoms with E-state index in [1.54, 1.807) is 4.90 Å². The molecule has 0 spiro atoms. The molecule has 0 bridgehead atoms. The molecule has 1 saturated heterocycles. The van der Waals surface area contributed by atoms with Crippen LogP contribution in [0.5, 0.6) is 0 Å². The molecule has 1 fully saturated rings. The fraction of sp³-hybridized carbons (Fsp3) is 0.136. The lowest BCUT2D eigenvalue weighted by atomic mass is 10.1. The largest absolute Gasteiger partial charge is 0.293 e. The third-order valence-corrected chi connectivity index (χ3v) is 5.94. The summed E-state index contributed by atoms with van der Waals surface area (Å²) in [5.41, 5.74) is 4.90. The van der Waals surface area contributed by atoms with E-state index in [9.17, 15) is 4.79 Å². The zero-order valence-corrected chi connectivity index (χ0v) is 17.3. The predicted octanol–water partition coefficient (Wildman–Crippen LogP) is 5.07. The van der Waals surface area contributed by atoms with E-state index >= 15 is 0 Å². The highest BCUT2D eigenvalue weighted by Crippen LogP contribution is 2.34. The van der Waals surface area contributed by atoms with Crippen LogP contribution in [-0.2, 0) is 4.79 Å². The van der Waals surface area contributed by atoms with Crippen molar-refractivity contribution in [1.29, 1.82) is 0 Å². The van der Waals surface area contributed by atoms with Crippen LogP contribution in [0.4, 0.5) is 0 Å². The Hall–Kier alpha value is -2.70. The molecule has 4 rings (SSSR count). The number of thioether (sulfide) groups is 1. The van der Waals surface area contributed by atoms with Crippen LogP contribution < -0.4 is 0 Å². The average molecular weight is 406 g/mol. The molecule has 2 heterocycles. The number of benzene rings is 2. The molecule has 2 aromatic carbocycles. The number of amides is 1. The SMILES string of the molecule is CCN1C(=O)/C(=C/c2cn(-c3ccccc3)nc2-c2ccc(C)cc2)SC1=S. The lowest BCUT2D eigenvalue weighted by Gasteiger charge is -2.09. The van der Waals surface area contributed by atoms with Crippen molar-refractivity contribution in [2.75, 3.05) is 6.54 Å². The molecular weight excluding hydrogens is 386 g/mol. The van der Waals surface area contributed by atoms with Crippen molar-refractivity contribution >= 4 is 40.3 Å². The number of hydrogen-bond acceptors (Lipinski definition) is 4. The predicted molar refractivity (Wildman–Crippen MR) is 119 cm³/mol. The van der Waals surface area contributed by atoms with E-state index in [4.69, 9.17) is 17.3 Å². The lowest BCUT2D eigenvalue weighted by molar-refractivity contribution is -0.121. The van der Waals surface area contributed by atoms with Gasteiger partial charge in [-0.1, -0.05) is 72.0 Å². The Kier molecular flexibility index (Phi) is 5.15. The van der Waals surface area contributed by atoms with Gasteiger partial charge in [-0.3, -0.25) is 9.69 Å². The first-order valence-corrected chi connectivity index (χ1v) is 10.3. The van der Waals surface area contributed by atoms with E-state index in [2.05, 4.69) is 31.2 Å². The fourth-order valence-electron chi connectivity index (χ4n) is 3.06. The molecule has 0 N–H and O–H groups in total. The van der Waals surface area contributed by atoms with Crippen molar-refractivity contribution in [1.82, 2.24) is 14.7 Å². The number of carbonyl (C=O) groups excluding carboxylic acids is 1. The second kappa shape index (κ2) is 7.73. The maximum atomic E-state index is 12.6. The molecule has 4 nitrogen and oxygen atoms in total. The Balaban J connectivity index is 1.82. The summed E-state index contributed by atoms with van der Waals surface area (Å²) in [6.45, 7) is 4.57. The van der Waals surface area contributed by atoms with Crippen LogP contribution in [0, 0.1) is 6.92 Å². The number of thiocarbonyl (C=S) groups is 1. The molecule has 6 heteroatoms. The molecule has 1 aliphatic heterocycles. The first-order chi connectivity index (χ1) is 13.6. The minimum atomic E-state index is -0.0418. The molecular formula is C22H19N3OS2. The first kappa shape index (κ1) is 18.7. The van der Waals surface area contributed by atoms with Crippen LogP contribution >= 0.6 is 24.0 Å². The molecule has 140 valence electrons. The summed E-state index contributed by atoms with van der Waals surface area (Å²) in [6.07, 6.45) is 3.86. The molecule has 1 aromatic heterocycles. The summed E-state index contributed by atoms with van der Waals surface area (Å²) >= 11 is 6.68. The van der Waals surface area contributed by atoms with Crippen LogP contribution in [0.2, 0.25) is 0 Å². The minimum Gasteiger partial charge on any atom is -0.293 e. The molecule has 1 aliphatic rings. The Morgan fingerprint density at radius 1 is 1.11 bits per heavy atom. The van der Waals surface area contributed by atoms with Crippen LogP contribution in [0.15, 0.2) is 65.7 Å². The second-order valence-corrected chi connectivity index (χ2v) is 8.18. The summed E-state index contributed by atoms with van der Waals surface area (Å²) < 4.78 is 2.45. The van der Waals surface area contributed by atoms with E-state index in [0.29, 0.717) is 15.8 Å². The third-order valence-electron chi connectivity index (χ3n) is 4.56. The van der Waals surface area contributed by atoms with Crippen LogP contribution in [0.25, 0.3) is 23.0 Å². The Morgan fingerprint density at radius 3 is 2.46 bits per heavy atom. The smallest absolute Gasteiger partial charge is 0.266 e. The molecule has 0 atom stereocenters. The van der Waals surface area contributed by atoms with Crippen molar-refractivity contribution in [3.63, 3.8) is 0 Å². The van der Waals surface area contributed by atoms with Gasteiger partial charge in [-0.25, -0.2) is 4.68 Å². The monoisotopic (exact) mass is 405 g/mol. The van der Waals surface area contributed by atoms with Gasteiger partial charge >= 0.3 is 0 Å². The number of rotatable bonds is 4. The number of aromatic nitrogens is 2. The van der Waals surface area contributed by atoms with Crippen molar-refractivity contribution in [2.45, 2.75) is 13.8 Å². The first-order valence-electron chi connectivity index (χ1n) is 9.04. The summed E-state index contributed by atoms with van der Waals surface area (Å²) in [4.78, 5) is 14.9. The summed E-state index contributed by atoms with van der Waals surface area (Å²) in [5, 5.41) is 4.81. The van der Waals surface area contributed by atoms with E-state index in [1.165, 1.54) is 17.3 Å². The second-order valence-electron chi connectivity index (χ2n) is 6.51. The van der Waals surface area contributed by atoms with Crippen LogP contribution in [-0.4, -0.2) is 31.5 Å². The van der Waals surface area contributed by atoms with Crippen molar-refractivity contribution in [3.8, 4) is 16.9 Å². The number of nitrogens with zero attached hydrogens (tertiary/aromatic N) is 3. The standard InChI is InChI=1S/C22H19N3OS2/c1-3-24-21(26)19(28-22(24)27)13-17-14-25(18-7-5-4-6-8-18)23-20(17)16-11-9-15(2)10-12-16/h4-14H,3H2,1-2H3/b19-13-. The molecule has 0 unspecified atom stereocenters. The quantitative estimate of drug-likeness (QED) is 0.449. The molecule has 28 heavy (non-hydrogen) atoms. The van der Waals surface area contributed by atoms with Gasteiger partial charge in [0.2, 0.25) is 0 Å². The van der Waals surface area contributed by atoms with Gasteiger partial charge in [-0.2, -0.15) is 5.10 Å². The Morgan fingerprint density at radius 2 is 1.82 bits per heavy atom. The highest BCUT2D eigenvalue weighted by molar-refractivity contribution is 8.26. The fourth-order valence-corrected chi connectivity index (χ4v) is 4.43. The van der Waals surface area contributed by atoms with Crippen molar-refractivity contribution in [3.05, 3.63) is 76.8 Å². The molecule has 0 radical (unpaired) electrons. The molecule has 0 saturated carbocycles. The Labute approximate surface area is 173 Å². The summed E-state index contributed by atoms with van der Waals surface area (Å²) in [6, 6.07) is 18.2. The normalized spacial score (nSPS) is 15.6. The zero-order chi connectivity index (χ0) is 19.7. The van der Waals surface area contributed by atoms with Gasteiger partial charge in [0.1, 0.15) is 4.32 Å². The number of carbonyl (C=O) groups is 1. The molecule has 3 aromatic rings. The van der Waals surface area contributed by atoms with Gasteiger partial charge in [0, 0.05) is 23.9 Å². The summed E-state index contributed by atoms with van der Waals surface area (Å²) in [5.74, 6) is -0.0418. The van der Waals surface area contributed by atoms with Gasteiger partial charge in [0.25, 0.3) is 5.91 Å². The average Bonchev–Trinajstić information content (AvgIpc) is 3.24. The number of aryl methyl sites for hydroxylation is 1.